The van der Waals surface area contributed by atoms with E-state index in [-0.39, 0.29) is 12.5 Å². The van der Waals surface area contributed by atoms with Gasteiger partial charge >= 0.3 is 0 Å². The molecular formula is C20H24N2O4S. The maximum atomic E-state index is 12.4. The van der Waals surface area contributed by atoms with Crippen LogP contribution in [0.1, 0.15) is 39.7 Å². The summed E-state index contributed by atoms with van der Waals surface area (Å²) in [6.45, 7) is 3.95. The van der Waals surface area contributed by atoms with Gasteiger partial charge < -0.3 is 20.5 Å². The van der Waals surface area contributed by atoms with Gasteiger partial charge in [-0.3, -0.25) is 9.59 Å². The Labute approximate surface area is 162 Å². The summed E-state index contributed by atoms with van der Waals surface area (Å²) in [5.74, 6) is 0.789. The number of carbonyl (C=O) groups excluding carboxylic acids is 2. The highest BCUT2D eigenvalue weighted by Gasteiger charge is 2.27. The second-order valence-corrected chi connectivity index (χ2v) is 8.02. The predicted molar refractivity (Wildman–Crippen MR) is 106 cm³/mol. The molecule has 0 aliphatic heterocycles. The average molecular weight is 388 g/mol. The number of hydrogen-bond acceptors (Lipinski definition) is 5. The SMILES string of the molecule is COc1cc(C)ccc1OCC(=O)Nc1sc2c(c1C(N)=O)CC[C@@H](C)C2. The third-order valence-corrected chi connectivity index (χ3v) is 5.86. The fourth-order valence-corrected chi connectivity index (χ4v) is 4.73. The Morgan fingerprint density at radius 2 is 2.11 bits per heavy atom. The molecule has 2 amide bonds. The predicted octanol–water partition coefficient (Wildman–Crippen LogP) is 3.31. The molecule has 6 nitrogen and oxygen atoms in total. The van der Waals surface area contributed by atoms with Crippen LogP contribution in [0, 0.1) is 12.8 Å². The number of rotatable bonds is 6. The molecular weight excluding hydrogens is 364 g/mol. The van der Waals surface area contributed by atoms with Crippen molar-refractivity contribution in [1.29, 1.82) is 0 Å². The maximum Gasteiger partial charge on any atom is 0.262 e. The van der Waals surface area contributed by atoms with E-state index in [0.29, 0.717) is 28.0 Å². The lowest BCUT2D eigenvalue weighted by molar-refractivity contribution is -0.118. The second kappa shape index (κ2) is 8.00. The summed E-state index contributed by atoms with van der Waals surface area (Å²) < 4.78 is 10.9. The minimum Gasteiger partial charge on any atom is -0.493 e. The topological polar surface area (TPSA) is 90.7 Å². The van der Waals surface area contributed by atoms with Gasteiger partial charge in [0.15, 0.2) is 18.1 Å². The van der Waals surface area contributed by atoms with Crippen molar-refractivity contribution in [3.8, 4) is 11.5 Å². The average Bonchev–Trinajstić information content (AvgIpc) is 2.97. The van der Waals surface area contributed by atoms with Gasteiger partial charge in [0.05, 0.1) is 12.7 Å². The molecule has 1 heterocycles. The fraction of sp³-hybridized carbons (Fsp3) is 0.400. The van der Waals surface area contributed by atoms with Gasteiger partial charge in [-0.2, -0.15) is 0 Å². The Morgan fingerprint density at radius 3 is 2.81 bits per heavy atom. The lowest BCUT2D eigenvalue weighted by Gasteiger charge is -2.18. The molecule has 0 bridgehead atoms. The zero-order valence-corrected chi connectivity index (χ0v) is 16.6. The molecule has 7 heteroatoms. The fourth-order valence-electron chi connectivity index (χ4n) is 3.30. The van der Waals surface area contributed by atoms with E-state index in [2.05, 4.69) is 12.2 Å². The maximum absolute atomic E-state index is 12.4. The number of fused-ring (bicyclic) bond motifs is 1. The van der Waals surface area contributed by atoms with Gasteiger partial charge in [0.25, 0.3) is 11.8 Å². The van der Waals surface area contributed by atoms with Gasteiger partial charge in [0.2, 0.25) is 0 Å². The molecule has 0 fully saturated rings. The highest BCUT2D eigenvalue weighted by Crippen LogP contribution is 2.39. The van der Waals surface area contributed by atoms with Crippen molar-refractivity contribution in [3.63, 3.8) is 0 Å². The molecule has 0 radical (unpaired) electrons. The van der Waals surface area contributed by atoms with Crippen LogP contribution in [0.25, 0.3) is 0 Å². The summed E-state index contributed by atoms with van der Waals surface area (Å²) in [7, 11) is 1.55. The van der Waals surface area contributed by atoms with Crippen LogP contribution < -0.4 is 20.5 Å². The highest BCUT2D eigenvalue weighted by atomic mass is 32.1. The Kier molecular flexibility index (Phi) is 5.70. The van der Waals surface area contributed by atoms with E-state index >= 15 is 0 Å². The first kappa shape index (κ1) is 19.2. The molecule has 1 atom stereocenters. The van der Waals surface area contributed by atoms with Crippen molar-refractivity contribution >= 4 is 28.2 Å². The molecule has 1 aliphatic rings. The minimum atomic E-state index is -0.501. The van der Waals surface area contributed by atoms with Gasteiger partial charge in [-0.15, -0.1) is 11.3 Å². The Morgan fingerprint density at radius 1 is 1.33 bits per heavy atom. The lowest BCUT2D eigenvalue weighted by Crippen LogP contribution is -2.22. The van der Waals surface area contributed by atoms with Gasteiger partial charge in [-0.25, -0.2) is 0 Å². The van der Waals surface area contributed by atoms with E-state index in [0.717, 1.165) is 35.3 Å². The number of thiophene rings is 1. The number of primary amides is 1. The number of nitrogens with one attached hydrogen (secondary N) is 1. The molecule has 2 aromatic rings. The summed E-state index contributed by atoms with van der Waals surface area (Å²) in [5, 5.41) is 3.32. The molecule has 1 aromatic heterocycles. The second-order valence-electron chi connectivity index (χ2n) is 6.91. The molecule has 0 spiro atoms. The van der Waals surface area contributed by atoms with Crippen molar-refractivity contribution in [3.05, 3.63) is 39.8 Å². The molecule has 3 N–H and O–H groups in total. The first-order valence-electron chi connectivity index (χ1n) is 8.90. The Balaban J connectivity index is 1.72. The van der Waals surface area contributed by atoms with Crippen molar-refractivity contribution in [2.24, 2.45) is 11.7 Å². The number of aryl methyl sites for hydroxylation is 1. The number of benzene rings is 1. The van der Waals surface area contributed by atoms with Crippen LogP contribution in [-0.2, 0) is 17.6 Å². The van der Waals surface area contributed by atoms with Crippen LogP contribution in [0.2, 0.25) is 0 Å². The number of carbonyl (C=O) groups is 2. The van der Waals surface area contributed by atoms with E-state index in [1.54, 1.807) is 13.2 Å². The summed E-state index contributed by atoms with van der Waals surface area (Å²) in [6.07, 6.45) is 2.75. The molecule has 0 saturated heterocycles. The Bertz CT molecular complexity index is 875. The Hall–Kier alpha value is -2.54. The van der Waals surface area contributed by atoms with Crippen molar-refractivity contribution in [2.45, 2.75) is 33.1 Å². The van der Waals surface area contributed by atoms with Crippen LogP contribution >= 0.6 is 11.3 Å². The largest absolute Gasteiger partial charge is 0.493 e. The third kappa shape index (κ3) is 4.24. The third-order valence-electron chi connectivity index (χ3n) is 4.69. The normalized spacial score (nSPS) is 15.7. The van der Waals surface area contributed by atoms with Gasteiger partial charge in [-0.1, -0.05) is 13.0 Å². The summed E-state index contributed by atoms with van der Waals surface area (Å²) in [6, 6.07) is 5.49. The van der Waals surface area contributed by atoms with E-state index in [1.165, 1.54) is 11.3 Å². The van der Waals surface area contributed by atoms with Crippen LogP contribution in [0.15, 0.2) is 18.2 Å². The van der Waals surface area contributed by atoms with Gasteiger partial charge in [0, 0.05) is 4.88 Å². The number of hydrogen-bond donors (Lipinski definition) is 2. The minimum absolute atomic E-state index is 0.184. The van der Waals surface area contributed by atoms with Crippen LogP contribution in [0.5, 0.6) is 11.5 Å². The summed E-state index contributed by atoms with van der Waals surface area (Å²) in [5.41, 5.74) is 8.05. The van der Waals surface area contributed by atoms with E-state index in [9.17, 15) is 9.59 Å². The smallest absolute Gasteiger partial charge is 0.262 e. The number of ether oxygens (including phenoxy) is 2. The summed E-state index contributed by atoms with van der Waals surface area (Å²) in [4.78, 5) is 25.5. The molecule has 1 aromatic carbocycles. The number of anilines is 1. The van der Waals surface area contributed by atoms with Crippen molar-refractivity contribution in [2.75, 3.05) is 19.0 Å². The molecule has 0 unspecified atom stereocenters. The molecule has 27 heavy (non-hydrogen) atoms. The quantitative estimate of drug-likeness (QED) is 0.794. The lowest BCUT2D eigenvalue weighted by atomic mass is 9.88. The van der Waals surface area contributed by atoms with E-state index < -0.39 is 5.91 Å². The summed E-state index contributed by atoms with van der Waals surface area (Å²) >= 11 is 1.44. The first-order valence-corrected chi connectivity index (χ1v) is 9.72. The monoisotopic (exact) mass is 388 g/mol. The highest BCUT2D eigenvalue weighted by molar-refractivity contribution is 7.17. The number of nitrogens with two attached hydrogens (primary N) is 1. The van der Waals surface area contributed by atoms with Gasteiger partial charge in [0.1, 0.15) is 5.00 Å². The first-order chi connectivity index (χ1) is 12.9. The zero-order chi connectivity index (χ0) is 19.6. The van der Waals surface area contributed by atoms with Gasteiger partial charge in [-0.05, 0) is 55.4 Å². The van der Waals surface area contributed by atoms with E-state index in [4.69, 9.17) is 15.2 Å². The van der Waals surface area contributed by atoms with Crippen LogP contribution in [-0.4, -0.2) is 25.5 Å². The molecule has 0 saturated carbocycles. The van der Waals surface area contributed by atoms with Crippen LogP contribution in [0.4, 0.5) is 5.00 Å². The van der Waals surface area contributed by atoms with Crippen molar-refractivity contribution in [1.82, 2.24) is 0 Å². The molecule has 1 aliphatic carbocycles. The van der Waals surface area contributed by atoms with Crippen molar-refractivity contribution < 1.29 is 19.1 Å². The number of methoxy groups -OCH3 is 1. The molecule has 144 valence electrons. The van der Waals surface area contributed by atoms with Crippen LogP contribution in [0.3, 0.4) is 0 Å². The number of amides is 2. The zero-order valence-electron chi connectivity index (χ0n) is 15.8. The van der Waals surface area contributed by atoms with E-state index in [1.807, 2.05) is 19.1 Å². The standard InChI is InChI=1S/C20H24N2O4S/c1-11-5-7-14(15(8-11)25-3)26-10-17(23)22-20-18(19(21)24)13-6-4-12(2)9-16(13)27-20/h5,7-8,12H,4,6,9-10H2,1-3H3,(H2,21,24)(H,22,23)/t12-/m1/s1. The molecule has 3 rings (SSSR count).